The molecule has 1 aromatic heterocycles. The molecule has 0 aliphatic heterocycles. The first-order chi connectivity index (χ1) is 7.69. The monoisotopic (exact) mass is 361 g/mol. The Labute approximate surface area is 108 Å². The van der Waals surface area contributed by atoms with Crippen LogP contribution in [0.1, 0.15) is 11.3 Å². The molecule has 8 heteroatoms. The van der Waals surface area contributed by atoms with Gasteiger partial charge in [0.2, 0.25) is 5.88 Å². The van der Waals surface area contributed by atoms with E-state index in [1.807, 2.05) is 22.6 Å². The molecule has 0 amide bonds. The van der Waals surface area contributed by atoms with Gasteiger partial charge in [-0.25, -0.2) is 4.98 Å². The van der Waals surface area contributed by atoms with Crippen molar-refractivity contribution in [3.63, 3.8) is 0 Å². The molecule has 0 unspecified atom stereocenters. The molecule has 0 fully saturated rings. The molecule has 0 saturated carbocycles. The summed E-state index contributed by atoms with van der Waals surface area (Å²) in [5.41, 5.74) is 0.536. The van der Waals surface area contributed by atoms with Gasteiger partial charge >= 0.3 is 12.3 Å². The van der Waals surface area contributed by atoms with Gasteiger partial charge in [0.15, 0.2) is 0 Å². The largest absolute Gasteiger partial charge is 0.574 e. The van der Waals surface area contributed by atoms with Crippen LogP contribution in [0, 0.1) is 10.5 Å². The number of aryl methyl sites for hydroxylation is 1. The van der Waals surface area contributed by atoms with Crippen LogP contribution < -0.4 is 4.74 Å². The second-order valence-electron chi connectivity index (χ2n) is 3.14. The van der Waals surface area contributed by atoms with Gasteiger partial charge in [0.1, 0.15) is 0 Å². The third-order valence-corrected chi connectivity index (χ3v) is 3.21. The van der Waals surface area contributed by atoms with E-state index >= 15 is 0 Å². The van der Waals surface area contributed by atoms with Crippen molar-refractivity contribution in [2.24, 2.45) is 0 Å². The zero-order valence-corrected chi connectivity index (χ0v) is 10.7. The highest BCUT2D eigenvalue weighted by Crippen LogP contribution is 2.25. The highest BCUT2D eigenvalue weighted by Gasteiger charge is 2.32. The van der Waals surface area contributed by atoms with Crippen molar-refractivity contribution >= 4 is 28.6 Å². The van der Waals surface area contributed by atoms with E-state index in [-0.39, 0.29) is 12.0 Å². The van der Waals surface area contributed by atoms with E-state index in [9.17, 15) is 18.0 Å². The van der Waals surface area contributed by atoms with Gasteiger partial charge in [0.25, 0.3) is 0 Å². The van der Waals surface area contributed by atoms with E-state index in [1.54, 1.807) is 0 Å². The van der Waals surface area contributed by atoms with E-state index in [0.29, 0.717) is 9.26 Å². The maximum absolute atomic E-state index is 12.0. The maximum atomic E-state index is 12.0. The van der Waals surface area contributed by atoms with Crippen LogP contribution >= 0.6 is 22.6 Å². The molecule has 0 radical (unpaired) electrons. The van der Waals surface area contributed by atoms with E-state index in [2.05, 4.69) is 9.72 Å². The predicted molar refractivity (Wildman–Crippen MR) is 59.7 cm³/mol. The number of nitrogens with zero attached hydrogens (tertiary/aromatic N) is 1. The number of pyridine rings is 1. The van der Waals surface area contributed by atoms with Crippen molar-refractivity contribution < 1.29 is 27.8 Å². The summed E-state index contributed by atoms with van der Waals surface area (Å²) < 4.78 is 40.1. The number of carbonyl (C=O) groups is 1. The minimum absolute atomic E-state index is 0.241. The Bertz CT molecular complexity index is 448. The summed E-state index contributed by atoms with van der Waals surface area (Å²) in [6.45, 7) is 1.48. The van der Waals surface area contributed by atoms with Crippen molar-refractivity contribution in [1.82, 2.24) is 4.98 Å². The third kappa shape index (κ3) is 4.36. The Balaban J connectivity index is 3.10. The van der Waals surface area contributed by atoms with Crippen LogP contribution in [-0.4, -0.2) is 22.4 Å². The Morgan fingerprint density at radius 3 is 2.65 bits per heavy atom. The van der Waals surface area contributed by atoms with Gasteiger partial charge in [-0.05, 0) is 35.1 Å². The summed E-state index contributed by atoms with van der Waals surface area (Å²) in [5.74, 6) is -1.78. The number of ether oxygens (including phenoxy) is 1. The summed E-state index contributed by atoms with van der Waals surface area (Å²) in [6, 6.07) is 0.983. The number of halogens is 4. The molecule has 4 nitrogen and oxygen atoms in total. The van der Waals surface area contributed by atoms with Crippen molar-refractivity contribution in [3.05, 3.63) is 20.9 Å². The van der Waals surface area contributed by atoms with Gasteiger partial charge in [-0.3, -0.25) is 4.79 Å². The third-order valence-electron chi connectivity index (χ3n) is 1.74. The van der Waals surface area contributed by atoms with Crippen LogP contribution in [0.4, 0.5) is 13.2 Å². The van der Waals surface area contributed by atoms with Gasteiger partial charge < -0.3 is 9.84 Å². The van der Waals surface area contributed by atoms with E-state index in [1.165, 1.54) is 6.92 Å². The van der Waals surface area contributed by atoms with Crippen molar-refractivity contribution in [1.29, 1.82) is 0 Å². The predicted octanol–water partition coefficient (Wildman–Crippen LogP) is 2.52. The number of carboxylic acid groups (broad SMARTS) is 1. The average Bonchev–Trinajstić information content (AvgIpc) is 2.09. The maximum Gasteiger partial charge on any atom is 0.574 e. The zero-order valence-electron chi connectivity index (χ0n) is 8.51. The molecule has 0 aromatic carbocycles. The molecular formula is C9H7F3INO3. The van der Waals surface area contributed by atoms with Crippen LogP contribution in [-0.2, 0) is 11.2 Å². The number of hydrogen-bond donors (Lipinski definition) is 1. The Kier molecular flexibility index (Phi) is 4.17. The summed E-state index contributed by atoms with van der Waals surface area (Å²) in [4.78, 5) is 14.1. The normalized spacial score (nSPS) is 11.4. The number of carboxylic acids is 1. The van der Waals surface area contributed by atoms with Crippen molar-refractivity contribution in [2.45, 2.75) is 19.7 Å². The van der Waals surface area contributed by atoms with Gasteiger partial charge in [-0.15, -0.1) is 13.2 Å². The molecule has 17 heavy (non-hydrogen) atoms. The van der Waals surface area contributed by atoms with Crippen LogP contribution in [0.5, 0.6) is 5.88 Å². The highest BCUT2D eigenvalue weighted by atomic mass is 127. The fraction of sp³-hybridized carbons (Fsp3) is 0.333. The first-order valence-corrected chi connectivity index (χ1v) is 5.40. The average molecular weight is 361 g/mol. The molecule has 0 aliphatic carbocycles. The minimum Gasteiger partial charge on any atom is -0.481 e. The topological polar surface area (TPSA) is 59.4 Å². The molecule has 1 heterocycles. The lowest BCUT2D eigenvalue weighted by Gasteiger charge is -2.11. The van der Waals surface area contributed by atoms with Crippen LogP contribution in [0.15, 0.2) is 6.07 Å². The van der Waals surface area contributed by atoms with E-state index in [0.717, 1.165) is 6.07 Å². The standard InChI is InChI=1S/C9H7F3INO3/c1-4-8(13)5(3-7(15)16)2-6(14-4)17-9(10,11)12/h2H,3H2,1H3,(H,15,16). The second kappa shape index (κ2) is 5.07. The highest BCUT2D eigenvalue weighted by molar-refractivity contribution is 14.1. The molecule has 0 saturated heterocycles. The number of hydrogen-bond acceptors (Lipinski definition) is 3. The first-order valence-electron chi connectivity index (χ1n) is 4.32. The van der Waals surface area contributed by atoms with Gasteiger partial charge in [0, 0.05) is 9.64 Å². The number of aliphatic carboxylic acids is 1. The van der Waals surface area contributed by atoms with Crippen molar-refractivity contribution in [3.8, 4) is 5.88 Å². The molecule has 1 rings (SSSR count). The lowest BCUT2D eigenvalue weighted by atomic mass is 10.2. The molecule has 0 bridgehead atoms. The van der Waals surface area contributed by atoms with Crippen LogP contribution in [0.25, 0.3) is 0 Å². The molecule has 0 aliphatic rings. The minimum atomic E-state index is -4.84. The SMILES string of the molecule is Cc1nc(OC(F)(F)F)cc(CC(=O)O)c1I. The number of aromatic nitrogens is 1. The van der Waals surface area contributed by atoms with Crippen LogP contribution in [0.2, 0.25) is 0 Å². The Hall–Kier alpha value is -1.06. The Morgan fingerprint density at radius 1 is 1.59 bits per heavy atom. The van der Waals surface area contributed by atoms with E-state index < -0.39 is 18.2 Å². The number of rotatable bonds is 3. The molecule has 1 aromatic rings. The van der Waals surface area contributed by atoms with Gasteiger partial charge in [-0.1, -0.05) is 0 Å². The van der Waals surface area contributed by atoms with Crippen LogP contribution in [0.3, 0.4) is 0 Å². The summed E-state index contributed by atoms with van der Waals surface area (Å²) in [7, 11) is 0. The first kappa shape index (κ1) is 14.0. The van der Waals surface area contributed by atoms with Crippen molar-refractivity contribution in [2.75, 3.05) is 0 Å². The van der Waals surface area contributed by atoms with Gasteiger partial charge in [-0.2, -0.15) is 0 Å². The fourth-order valence-electron chi connectivity index (χ4n) is 1.15. The fourth-order valence-corrected chi connectivity index (χ4v) is 1.62. The molecule has 94 valence electrons. The summed E-state index contributed by atoms with van der Waals surface area (Å²) in [6.07, 6.45) is -5.22. The lowest BCUT2D eigenvalue weighted by Crippen LogP contribution is -2.18. The lowest BCUT2D eigenvalue weighted by molar-refractivity contribution is -0.276. The summed E-state index contributed by atoms with van der Waals surface area (Å²) >= 11 is 1.83. The quantitative estimate of drug-likeness (QED) is 0.841. The van der Waals surface area contributed by atoms with Gasteiger partial charge in [0.05, 0.1) is 12.1 Å². The molecule has 0 atom stereocenters. The van der Waals surface area contributed by atoms with E-state index in [4.69, 9.17) is 5.11 Å². The Morgan fingerprint density at radius 2 is 2.18 bits per heavy atom. The molecule has 0 spiro atoms. The molecular weight excluding hydrogens is 354 g/mol. The number of alkyl halides is 3. The second-order valence-corrected chi connectivity index (χ2v) is 4.22. The molecule has 1 N–H and O–H groups in total. The summed E-state index contributed by atoms with van der Waals surface area (Å²) in [5, 5.41) is 8.62. The smallest absolute Gasteiger partial charge is 0.481 e. The zero-order chi connectivity index (χ0) is 13.2.